The highest BCUT2D eigenvalue weighted by molar-refractivity contribution is 9.09. The lowest BCUT2D eigenvalue weighted by Gasteiger charge is -2.37. The lowest BCUT2D eigenvalue weighted by atomic mass is 9.80. The van der Waals surface area contributed by atoms with Crippen molar-refractivity contribution in [3.05, 3.63) is 140 Å². The van der Waals surface area contributed by atoms with Crippen LogP contribution in [0.1, 0.15) is 34.9 Å². The highest BCUT2D eigenvalue weighted by Gasteiger charge is 2.41. The zero-order valence-corrected chi connectivity index (χ0v) is 21.4. The van der Waals surface area contributed by atoms with Crippen LogP contribution in [0.15, 0.2) is 107 Å². The van der Waals surface area contributed by atoms with Crippen molar-refractivity contribution >= 4 is 15.9 Å². The highest BCUT2D eigenvalue weighted by atomic mass is 79.9. The van der Waals surface area contributed by atoms with Crippen LogP contribution in [-0.4, -0.2) is 27.1 Å². The summed E-state index contributed by atoms with van der Waals surface area (Å²) in [5.74, 6) is 0. The van der Waals surface area contributed by atoms with E-state index in [1.54, 1.807) is 13.1 Å². The Balaban J connectivity index is 1.50. The minimum absolute atomic E-state index is 0.0401. The summed E-state index contributed by atoms with van der Waals surface area (Å²) in [6, 6.07) is 30.5. The molecule has 0 amide bonds. The number of aromatic amines is 1. The fraction of sp³-hybridized carbons (Fsp3) is 0.241. The first kappa shape index (κ1) is 24.4. The summed E-state index contributed by atoms with van der Waals surface area (Å²) >= 11 is 3.74. The molecule has 2 heterocycles. The number of nitrogens with one attached hydrogen (secondary N) is 1. The third-order valence-corrected chi connectivity index (χ3v) is 7.59. The fourth-order valence-corrected chi connectivity index (χ4v) is 5.38. The number of hydrogen-bond donors (Lipinski definition) is 1. The molecular formula is C29H27BrN2O4. The molecule has 1 aliphatic heterocycles. The van der Waals surface area contributed by atoms with Crippen molar-refractivity contribution in [2.45, 2.75) is 36.1 Å². The monoisotopic (exact) mass is 546 g/mol. The maximum atomic E-state index is 12.4. The van der Waals surface area contributed by atoms with Crippen LogP contribution in [0, 0.1) is 6.92 Å². The van der Waals surface area contributed by atoms with E-state index in [4.69, 9.17) is 9.47 Å². The van der Waals surface area contributed by atoms with Crippen molar-refractivity contribution in [2.75, 3.05) is 6.61 Å². The van der Waals surface area contributed by atoms with E-state index < -0.39 is 17.5 Å². The number of H-pyrrole nitrogens is 1. The van der Waals surface area contributed by atoms with E-state index in [0.29, 0.717) is 12.0 Å². The Bertz CT molecular complexity index is 1320. The van der Waals surface area contributed by atoms with Crippen LogP contribution in [0.5, 0.6) is 0 Å². The van der Waals surface area contributed by atoms with Crippen molar-refractivity contribution in [3.8, 4) is 0 Å². The molecular weight excluding hydrogens is 520 g/mol. The Morgan fingerprint density at radius 1 is 0.917 bits per heavy atom. The summed E-state index contributed by atoms with van der Waals surface area (Å²) in [4.78, 5) is 26.6. The fourth-order valence-electron chi connectivity index (χ4n) is 4.79. The van der Waals surface area contributed by atoms with Gasteiger partial charge in [-0.2, -0.15) is 0 Å². The van der Waals surface area contributed by atoms with E-state index in [1.165, 1.54) is 4.57 Å². The minimum Gasteiger partial charge on any atom is -0.358 e. The zero-order chi connectivity index (χ0) is 25.1. The van der Waals surface area contributed by atoms with Gasteiger partial charge in [0.05, 0.1) is 12.7 Å². The number of nitrogens with zero attached hydrogens (tertiary/aromatic N) is 1. The van der Waals surface area contributed by atoms with Gasteiger partial charge in [-0.3, -0.25) is 14.3 Å². The van der Waals surface area contributed by atoms with Gasteiger partial charge in [0.2, 0.25) is 0 Å². The van der Waals surface area contributed by atoms with Crippen LogP contribution in [0.4, 0.5) is 0 Å². The van der Waals surface area contributed by atoms with Crippen molar-refractivity contribution in [1.29, 1.82) is 0 Å². The van der Waals surface area contributed by atoms with Crippen molar-refractivity contribution in [3.63, 3.8) is 0 Å². The maximum absolute atomic E-state index is 12.4. The molecule has 1 N–H and O–H groups in total. The molecule has 36 heavy (non-hydrogen) atoms. The van der Waals surface area contributed by atoms with E-state index in [-0.39, 0.29) is 23.1 Å². The summed E-state index contributed by atoms with van der Waals surface area (Å²) in [5.41, 5.74) is 1.76. The molecule has 3 aromatic carbocycles. The van der Waals surface area contributed by atoms with Crippen LogP contribution in [-0.2, 0) is 15.1 Å². The van der Waals surface area contributed by atoms with E-state index in [2.05, 4.69) is 57.3 Å². The normalized spacial score (nSPS) is 19.9. The first-order valence-corrected chi connectivity index (χ1v) is 12.8. The van der Waals surface area contributed by atoms with Gasteiger partial charge in [-0.25, -0.2) is 4.79 Å². The topological polar surface area (TPSA) is 73.3 Å². The first-order valence-electron chi connectivity index (χ1n) is 11.9. The third kappa shape index (κ3) is 4.62. The molecule has 1 fully saturated rings. The number of aryl methyl sites for hydroxylation is 1. The average Bonchev–Trinajstić information content (AvgIpc) is 3.28. The number of rotatable bonds is 7. The Labute approximate surface area is 217 Å². The van der Waals surface area contributed by atoms with Gasteiger partial charge in [-0.05, 0) is 23.6 Å². The predicted octanol–water partition coefficient (Wildman–Crippen LogP) is 4.90. The molecule has 7 heteroatoms. The summed E-state index contributed by atoms with van der Waals surface area (Å²) in [5, 5.41) is 0. The van der Waals surface area contributed by atoms with Crippen molar-refractivity contribution in [1.82, 2.24) is 9.55 Å². The summed E-state index contributed by atoms with van der Waals surface area (Å²) in [6.45, 7) is 1.95. The van der Waals surface area contributed by atoms with E-state index in [0.717, 1.165) is 16.7 Å². The lowest BCUT2D eigenvalue weighted by molar-refractivity contribution is -0.0763. The van der Waals surface area contributed by atoms with Crippen molar-refractivity contribution in [2.24, 2.45) is 0 Å². The Morgan fingerprint density at radius 2 is 1.42 bits per heavy atom. The molecule has 4 aromatic rings. The van der Waals surface area contributed by atoms with E-state index in [9.17, 15) is 9.59 Å². The van der Waals surface area contributed by atoms with Gasteiger partial charge in [-0.1, -0.05) is 107 Å². The largest absolute Gasteiger partial charge is 0.358 e. The molecule has 0 radical (unpaired) electrons. The molecule has 3 unspecified atom stereocenters. The van der Waals surface area contributed by atoms with Gasteiger partial charge in [0, 0.05) is 23.0 Å². The number of hydrogen-bond acceptors (Lipinski definition) is 4. The molecule has 3 atom stereocenters. The van der Waals surface area contributed by atoms with Crippen LogP contribution >= 0.6 is 15.9 Å². The molecule has 6 nitrogen and oxygen atoms in total. The smallest absolute Gasteiger partial charge is 0.330 e. The Morgan fingerprint density at radius 3 is 1.92 bits per heavy atom. The highest BCUT2D eigenvalue weighted by Crippen LogP contribution is 2.42. The molecule has 1 saturated heterocycles. The second-order valence-corrected chi connectivity index (χ2v) is 10.1. The van der Waals surface area contributed by atoms with Crippen LogP contribution in [0.3, 0.4) is 0 Å². The van der Waals surface area contributed by atoms with Crippen LogP contribution < -0.4 is 11.2 Å². The second-order valence-electron chi connectivity index (χ2n) is 8.95. The third-order valence-electron chi connectivity index (χ3n) is 6.62. The van der Waals surface area contributed by atoms with Crippen molar-refractivity contribution < 1.29 is 9.47 Å². The number of benzene rings is 3. The predicted molar refractivity (Wildman–Crippen MR) is 142 cm³/mol. The van der Waals surface area contributed by atoms with Crippen LogP contribution in [0.25, 0.3) is 0 Å². The molecule has 1 aromatic heterocycles. The molecule has 1 aliphatic rings. The summed E-state index contributed by atoms with van der Waals surface area (Å²) in [7, 11) is 0. The average molecular weight is 547 g/mol. The first-order chi connectivity index (χ1) is 17.5. The molecule has 184 valence electrons. The van der Waals surface area contributed by atoms with Gasteiger partial charge >= 0.3 is 5.69 Å². The second kappa shape index (κ2) is 10.4. The van der Waals surface area contributed by atoms with Gasteiger partial charge in [-0.15, -0.1) is 0 Å². The van der Waals surface area contributed by atoms with Gasteiger partial charge in [0.15, 0.2) is 0 Å². The quantitative estimate of drug-likeness (QED) is 0.264. The van der Waals surface area contributed by atoms with E-state index >= 15 is 0 Å². The van der Waals surface area contributed by atoms with Gasteiger partial charge in [0.1, 0.15) is 11.8 Å². The molecule has 0 spiro atoms. The van der Waals surface area contributed by atoms with Gasteiger partial charge < -0.3 is 9.47 Å². The van der Waals surface area contributed by atoms with E-state index in [1.807, 2.05) is 54.6 Å². The summed E-state index contributed by atoms with van der Waals surface area (Å²) in [6.07, 6.45) is 1.29. The minimum atomic E-state index is -0.858. The lowest BCUT2D eigenvalue weighted by Crippen LogP contribution is -2.37. The SMILES string of the molecule is Cc1cn(C2CC(Br)C(COC(c3ccccc3)(c3ccccc3)c3ccccc3)O2)c(=O)[nH]c1=O. The van der Waals surface area contributed by atoms with Crippen LogP contribution in [0.2, 0.25) is 0 Å². The zero-order valence-electron chi connectivity index (χ0n) is 19.8. The Hall–Kier alpha value is -3.26. The number of alkyl halides is 1. The number of aromatic nitrogens is 2. The number of ether oxygens (including phenoxy) is 2. The standard InChI is InChI=1S/C29H27BrN2O4/c1-20-18-32(28(34)31-27(20)33)26-17-24(30)25(36-26)19-35-29(21-11-5-2-6-12-21,22-13-7-3-8-14-22)23-15-9-4-10-16-23/h2-16,18,24-26H,17,19H2,1H3,(H,31,33,34). The molecule has 0 aliphatic carbocycles. The molecule has 0 bridgehead atoms. The molecule has 5 rings (SSSR count). The number of halogens is 1. The summed E-state index contributed by atoms with van der Waals surface area (Å²) < 4.78 is 14.7. The van der Waals surface area contributed by atoms with Gasteiger partial charge in [0.25, 0.3) is 5.56 Å². The maximum Gasteiger partial charge on any atom is 0.330 e. The Kier molecular flexibility index (Phi) is 7.05. The molecule has 0 saturated carbocycles.